The van der Waals surface area contributed by atoms with E-state index >= 15 is 0 Å². The average molecular weight is 1110 g/mol. The van der Waals surface area contributed by atoms with Crippen molar-refractivity contribution in [1.82, 2.24) is 0 Å². The van der Waals surface area contributed by atoms with Gasteiger partial charge in [-0.05, 0) is 208 Å². The predicted molar refractivity (Wildman–Crippen MR) is 321 cm³/mol. The minimum atomic E-state index is -1.82. The van der Waals surface area contributed by atoms with Crippen molar-refractivity contribution < 1.29 is 42.1 Å². The highest BCUT2D eigenvalue weighted by Gasteiger charge is 2.72. The zero-order valence-electron chi connectivity index (χ0n) is 47.2. The first-order valence-electron chi connectivity index (χ1n) is 29.2. The molecule has 6 aliphatic carbocycles. The van der Waals surface area contributed by atoms with Gasteiger partial charge in [0.15, 0.2) is 33.3 Å². The lowest BCUT2D eigenvalue weighted by molar-refractivity contribution is -0.153. The Morgan fingerprint density at radius 1 is 0.600 bits per heavy atom. The van der Waals surface area contributed by atoms with Gasteiger partial charge in [-0.1, -0.05) is 57.4 Å². The van der Waals surface area contributed by atoms with Crippen molar-refractivity contribution in [2.45, 2.75) is 259 Å². The Kier molecular flexibility index (Phi) is 20.4. The molecule has 0 unspecified atom stereocenters. The molecule has 13 heteroatoms. The monoisotopic (exact) mass is 1110 g/mol. The summed E-state index contributed by atoms with van der Waals surface area (Å²) in [5, 5.41) is 20.7. The van der Waals surface area contributed by atoms with Crippen molar-refractivity contribution in [3.05, 3.63) is 75.4 Å². The van der Waals surface area contributed by atoms with Gasteiger partial charge in [-0.2, -0.15) is 0 Å². The molecule has 9 nitrogen and oxygen atoms in total. The molecule has 75 heavy (non-hydrogen) atoms. The average Bonchev–Trinajstić information content (AvgIpc) is 4.07. The highest BCUT2D eigenvalue weighted by Crippen LogP contribution is 2.66. The first-order valence-corrected chi connectivity index (χ1v) is 41.7. The van der Waals surface area contributed by atoms with Crippen molar-refractivity contribution in [2.75, 3.05) is 19.8 Å². The Hall–Kier alpha value is -1.05. The molecular formula is C62H110O9Si4. The van der Waals surface area contributed by atoms with Gasteiger partial charge >= 0.3 is 0 Å². The molecule has 0 aromatic rings. The SMILES string of the molecule is C.C.C=CC[C@@H]1C[C@]2(O)CCO[C@@]23CC[C@H](O)C[C@H]13.C=CC[C@@H]1C[C@]2(O[Si](C)(C)CC=C)CCO[C@@]23CC[C@H](O[Si](C)(C)CC=C)C[C@H]13.C=CC[Si](C)(C)O[C@@]12CCO[C@@]13CC[C@H]1C[C@@H]3[C@H](CC=CC[Si](C)(C)O1)C2. The highest BCUT2D eigenvalue weighted by molar-refractivity contribution is 6.72. The molecule has 0 aromatic heterocycles. The van der Waals surface area contributed by atoms with Crippen LogP contribution >= 0.6 is 0 Å². The second-order valence-electron chi connectivity index (χ2n) is 27.3. The van der Waals surface area contributed by atoms with E-state index in [4.69, 9.17) is 31.9 Å². The molecule has 4 heterocycles. The van der Waals surface area contributed by atoms with Crippen molar-refractivity contribution in [3.8, 4) is 0 Å². The van der Waals surface area contributed by atoms with Crippen LogP contribution in [0, 0.1) is 35.5 Å². The summed E-state index contributed by atoms with van der Waals surface area (Å²) in [6.45, 7) is 40.9. The fraction of sp³-hybridized carbons (Fsp3) is 0.806. The van der Waals surface area contributed by atoms with E-state index in [9.17, 15) is 10.2 Å². The third kappa shape index (κ3) is 12.3. The first-order chi connectivity index (χ1) is 34.4. The molecule has 3 spiro atoms. The molecular weight excluding hydrogens is 1000 g/mol. The lowest BCUT2D eigenvalue weighted by Crippen LogP contribution is -2.59. The lowest BCUT2D eigenvalue weighted by atomic mass is 9.69. The van der Waals surface area contributed by atoms with Crippen LogP contribution in [0.2, 0.25) is 76.6 Å². The molecule has 9 fully saturated rings. The van der Waals surface area contributed by atoms with Crippen LogP contribution in [-0.4, -0.2) is 115 Å². The van der Waals surface area contributed by atoms with Gasteiger partial charge in [-0.3, -0.25) is 0 Å². The predicted octanol–water partition coefficient (Wildman–Crippen LogP) is 15.0. The summed E-state index contributed by atoms with van der Waals surface area (Å²) in [6, 6.07) is 4.17. The Morgan fingerprint density at radius 3 is 1.73 bits per heavy atom. The zero-order chi connectivity index (χ0) is 52.8. The molecule has 10 aliphatic rings. The topological polar surface area (TPSA) is 105 Å². The van der Waals surface area contributed by atoms with Gasteiger partial charge in [0.25, 0.3) is 0 Å². The molecule has 2 bridgehead atoms. The maximum absolute atomic E-state index is 10.9. The Bertz CT molecular complexity index is 2010. The van der Waals surface area contributed by atoms with E-state index in [0.717, 1.165) is 134 Å². The van der Waals surface area contributed by atoms with Crippen molar-refractivity contribution in [1.29, 1.82) is 0 Å². The molecule has 428 valence electrons. The minimum Gasteiger partial charge on any atom is -0.414 e. The second-order valence-corrected chi connectivity index (χ2v) is 43.9. The first kappa shape index (κ1) is 63.1. The molecule has 4 aliphatic heterocycles. The number of hydrogen-bond acceptors (Lipinski definition) is 9. The van der Waals surface area contributed by atoms with Crippen molar-refractivity contribution in [2.24, 2.45) is 35.5 Å². The van der Waals surface area contributed by atoms with Gasteiger partial charge in [0.2, 0.25) is 0 Å². The second kappa shape index (κ2) is 24.2. The summed E-state index contributed by atoms with van der Waals surface area (Å²) in [7, 11) is -6.90. The van der Waals surface area contributed by atoms with E-state index in [0.29, 0.717) is 54.3 Å². The Morgan fingerprint density at radius 2 is 1.12 bits per heavy atom. The fourth-order valence-corrected chi connectivity index (χ4v) is 26.0. The fourth-order valence-electron chi connectivity index (χ4n) is 17.8. The minimum absolute atomic E-state index is 0. The standard InChI is InChI=1S/C24H42O3Si2.C22H38O3Si2.C14H22O3.2CH4/c1-8-11-20-19-23(27-29(6,7)17-10-3)14-15-25-24(23)13-12-21(18-22(20)24)26-28(4,5)16-9-2;1-6-14-27(4,5)25-21-12-13-23-22(21)11-10-19-16-20(22)18(17-21)9-7-8-15-26(2,3)24-19;1-2-3-10-9-13(16)6-7-17-14(13)5-4-11(15)8-12(10)14;;/h8-10,20-22H,1-3,11-19H2,4-7H3;6-8,18-20H,1,9-17H2,2-5H3;2,10-12,15-16H,1,3-9H2;2*1H4/t20-,21+,22-,23-,24-;18-,19+,20-,21-,22-;10-,11+,12-,13-,14-;;/m111../s1. The molecule has 6 saturated carbocycles. The third-order valence-electron chi connectivity index (χ3n) is 20.3. The van der Waals surface area contributed by atoms with Crippen LogP contribution in [-0.2, 0) is 31.9 Å². The highest BCUT2D eigenvalue weighted by atomic mass is 28.4. The lowest BCUT2D eigenvalue weighted by Gasteiger charge is -2.50. The number of rotatable bonds is 16. The number of aliphatic hydroxyl groups excluding tert-OH is 1. The normalized spacial score (nSPS) is 42.0. The number of fused-ring (bicyclic) bond motifs is 1. The number of hydrogen-bond donors (Lipinski definition) is 2. The van der Waals surface area contributed by atoms with E-state index < -0.39 is 38.9 Å². The maximum atomic E-state index is 10.9. The maximum Gasteiger partial charge on any atom is 0.191 e. The Labute approximate surface area is 462 Å². The van der Waals surface area contributed by atoms with Crippen LogP contribution in [0.3, 0.4) is 0 Å². The van der Waals surface area contributed by atoms with Gasteiger partial charge in [-0.25, -0.2) is 0 Å². The number of aliphatic hydroxyl groups is 2. The molecule has 15 atom stereocenters. The van der Waals surface area contributed by atoms with E-state index in [1.807, 2.05) is 18.2 Å². The largest absolute Gasteiger partial charge is 0.414 e. The van der Waals surface area contributed by atoms with Gasteiger partial charge in [-0.15, -0.1) is 32.9 Å². The van der Waals surface area contributed by atoms with E-state index in [-0.39, 0.29) is 49.0 Å². The van der Waals surface area contributed by atoms with Gasteiger partial charge in [0.1, 0.15) is 5.60 Å². The Balaban J connectivity index is 0.000000186. The third-order valence-corrected chi connectivity index (χ3v) is 29.1. The molecule has 10 rings (SSSR count). The van der Waals surface area contributed by atoms with Gasteiger partial charge in [0.05, 0.1) is 53.9 Å². The summed E-state index contributed by atoms with van der Waals surface area (Å²) >= 11 is 0. The van der Waals surface area contributed by atoms with Gasteiger partial charge in [0, 0.05) is 31.5 Å². The molecule has 2 N–H and O–H groups in total. The summed E-state index contributed by atoms with van der Waals surface area (Å²) in [4.78, 5) is 0. The van der Waals surface area contributed by atoms with Crippen LogP contribution in [0.1, 0.15) is 130 Å². The smallest absolute Gasteiger partial charge is 0.191 e. The molecule has 3 saturated heterocycles. The molecule has 0 aromatic carbocycles. The zero-order valence-corrected chi connectivity index (χ0v) is 51.2. The molecule has 0 radical (unpaired) electrons. The summed E-state index contributed by atoms with van der Waals surface area (Å²) in [6.07, 6.45) is 33.7. The van der Waals surface area contributed by atoms with Crippen LogP contribution in [0.25, 0.3) is 0 Å². The van der Waals surface area contributed by atoms with Crippen LogP contribution in [0.15, 0.2) is 75.4 Å². The van der Waals surface area contributed by atoms with Gasteiger partial charge < -0.3 is 42.1 Å². The van der Waals surface area contributed by atoms with Crippen LogP contribution < -0.4 is 0 Å². The van der Waals surface area contributed by atoms with Crippen LogP contribution in [0.4, 0.5) is 0 Å². The van der Waals surface area contributed by atoms with Crippen molar-refractivity contribution >= 4 is 33.3 Å². The van der Waals surface area contributed by atoms with Crippen molar-refractivity contribution in [3.63, 3.8) is 0 Å². The number of allylic oxidation sites excluding steroid dienone is 7. The summed E-state index contributed by atoms with van der Waals surface area (Å²) < 4.78 is 47.0. The van der Waals surface area contributed by atoms with Crippen LogP contribution in [0.5, 0.6) is 0 Å². The summed E-state index contributed by atoms with van der Waals surface area (Å²) in [5.41, 5.74) is -1.40. The van der Waals surface area contributed by atoms with E-state index in [1.54, 1.807) is 0 Å². The molecule has 0 amide bonds. The quantitative estimate of drug-likeness (QED) is 0.115. The van der Waals surface area contributed by atoms with E-state index in [2.05, 4.69) is 110 Å². The number of ether oxygens (including phenoxy) is 3. The van der Waals surface area contributed by atoms with E-state index in [1.165, 1.54) is 19.3 Å². The summed E-state index contributed by atoms with van der Waals surface area (Å²) in [5.74, 6) is 3.06.